The number of hydrogen-bond acceptors (Lipinski definition) is 7. The minimum absolute atomic E-state index is 0.0361. The number of anilines is 1. The zero-order valence-electron chi connectivity index (χ0n) is 15.7. The van der Waals surface area contributed by atoms with E-state index in [1.807, 2.05) is 6.92 Å². The largest absolute Gasteiger partial charge is 0.459 e. The van der Waals surface area contributed by atoms with Gasteiger partial charge in [0.15, 0.2) is 0 Å². The summed E-state index contributed by atoms with van der Waals surface area (Å²) in [5.41, 5.74) is 0.312. The zero-order valence-corrected chi connectivity index (χ0v) is 15.7. The summed E-state index contributed by atoms with van der Waals surface area (Å²) < 4.78 is 6.03. The van der Waals surface area contributed by atoms with Gasteiger partial charge in [-0.2, -0.15) is 15.2 Å². The Bertz CT molecular complexity index is 729. The third kappa shape index (κ3) is 3.91. The summed E-state index contributed by atoms with van der Waals surface area (Å²) >= 11 is 0. The number of likely N-dealkylation sites (N-methyl/N-ethyl adjacent to an activating group) is 1. The first-order chi connectivity index (χ1) is 12.5. The van der Waals surface area contributed by atoms with Gasteiger partial charge < -0.3 is 9.64 Å². The van der Waals surface area contributed by atoms with E-state index in [0.717, 1.165) is 32.2 Å². The molecule has 3 heterocycles. The lowest BCUT2D eigenvalue weighted by molar-refractivity contribution is 0.112. The van der Waals surface area contributed by atoms with Crippen LogP contribution in [0.5, 0.6) is 6.01 Å². The SMILES string of the molecule is CC1CB(C#N)CCN1c1cc(C#N)nc(O[C@@H](C)C2CCCN2C)n1. The van der Waals surface area contributed by atoms with E-state index in [9.17, 15) is 5.26 Å². The summed E-state index contributed by atoms with van der Waals surface area (Å²) in [6.45, 7) is 6.05. The van der Waals surface area contributed by atoms with Gasteiger partial charge in [0, 0.05) is 30.7 Å². The molecule has 0 aromatic carbocycles. The van der Waals surface area contributed by atoms with Crippen molar-refractivity contribution in [2.45, 2.75) is 57.5 Å². The molecule has 0 radical (unpaired) electrons. The molecule has 1 aromatic rings. The van der Waals surface area contributed by atoms with Crippen LogP contribution in [0.3, 0.4) is 0 Å². The molecule has 2 saturated heterocycles. The molecule has 0 saturated carbocycles. The molecule has 0 N–H and O–H groups in total. The van der Waals surface area contributed by atoms with Crippen molar-refractivity contribution >= 4 is 12.5 Å². The predicted molar refractivity (Wildman–Crippen MR) is 100 cm³/mol. The lowest BCUT2D eigenvalue weighted by atomic mass is 9.44. The summed E-state index contributed by atoms with van der Waals surface area (Å²) in [6, 6.07) is 4.63. The van der Waals surface area contributed by atoms with Crippen molar-refractivity contribution in [2.24, 2.45) is 0 Å². The standard InChI is InChI=1S/C18H25BN6O/c1-13-10-19(12-21)6-8-25(13)17-9-15(11-20)22-18(23-17)26-14(2)16-5-4-7-24(16)3/h9,13-14,16H,4-8,10H2,1-3H3/t13?,14-,16?/m0/s1. The van der Waals surface area contributed by atoms with E-state index in [-0.39, 0.29) is 24.9 Å². The van der Waals surface area contributed by atoms with Crippen LogP contribution in [0.1, 0.15) is 32.4 Å². The smallest absolute Gasteiger partial charge is 0.319 e. The van der Waals surface area contributed by atoms with Gasteiger partial charge in [0.1, 0.15) is 23.7 Å². The summed E-state index contributed by atoms with van der Waals surface area (Å²) in [5, 5.41) is 18.5. The number of aromatic nitrogens is 2. The van der Waals surface area contributed by atoms with Crippen molar-refractivity contribution in [1.29, 1.82) is 10.5 Å². The zero-order chi connectivity index (χ0) is 18.7. The van der Waals surface area contributed by atoms with Crippen molar-refractivity contribution in [3.8, 4) is 18.0 Å². The Hall–Kier alpha value is -2.32. The summed E-state index contributed by atoms with van der Waals surface area (Å²) in [5.74, 6) is 3.07. The topological polar surface area (TPSA) is 89.1 Å². The third-order valence-corrected chi connectivity index (χ3v) is 5.57. The highest BCUT2D eigenvalue weighted by molar-refractivity contribution is 6.67. The van der Waals surface area contributed by atoms with Gasteiger partial charge >= 0.3 is 6.01 Å². The van der Waals surface area contributed by atoms with E-state index < -0.39 is 0 Å². The van der Waals surface area contributed by atoms with Gasteiger partial charge in [-0.05, 0) is 52.9 Å². The van der Waals surface area contributed by atoms with E-state index >= 15 is 0 Å². The summed E-state index contributed by atoms with van der Waals surface area (Å²) in [6.07, 6.45) is 3.85. The molecule has 3 rings (SSSR count). The predicted octanol–water partition coefficient (Wildman–Crippen LogP) is 1.98. The Labute approximate surface area is 155 Å². The van der Waals surface area contributed by atoms with Crippen molar-refractivity contribution < 1.29 is 4.74 Å². The number of likely N-dealkylation sites (tertiary alicyclic amines) is 1. The number of nitriles is 2. The molecule has 0 amide bonds. The fraction of sp³-hybridized carbons (Fsp3) is 0.667. The molecule has 26 heavy (non-hydrogen) atoms. The fourth-order valence-electron chi connectivity index (χ4n) is 4.07. The van der Waals surface area contributed by atoms with Crippen molar-refractivity contribution in [3.63, 3.8) is 0 Å². The molecule has 0 bridgehead atoms. The van der Waals surface area contributed by atoms with E-state index in [1.165, 1.54) is 6.42 Å². The molecular weight excluding hydrogens is 327 g/mol. The maximum atomic E-state index is 9.35. The highest BCUT2D eigenvalue weighted by atomic mass is 16.5. The van der Waals surface area contributed by atoms with Crippen LogP contribution in [0, 0.1) is 22.6 Å². The molecular formula is C18H25BN6O. The van der Waals surface area contributed by atoms with Crippen LogP contribution in [0.2, 0.25) is 12.6 Å². The molecule has 2 aliphatic heterocycles. The second-order valence-electron chi connectivity index (χ2n) is 7.41. The van der Waals surface area contributed by atoms with Crippen LogP contribution in [0.25, 0.3) is 0 Å². The molecule has 7 nitrogen and oxygen atoms in total. The molecule has 2 unspecified atom stereocenters. The Morgan fingerprint density at radius 2 is 2.15 bits per heavy atom. The molecule has 1 aromatic heterocycles. The van der Waals surface area contributed by atoms with Gasteiger partial charge in [0.25, 0.3) is 6.71 Å². The average Bonchev–Trinajstić information content (AvgIpc) is 3.07. The molecule has 2 fully saturated rings. The number of ether oxygens (including phenoxy) is 1. The van der Waals surface area contributed by atoms with Gasteiger partial charge in [-0.25, -0.2) is 5.26 Å². The van der Waals surface area contributed by atoms with Crippen molar-refractivity contribution in [1.82, 2.24) is 14.9 Å². The van der Waals surface area contributed by atoms with Crippen LogP contribution in [0.15, 0.2) is 6.07 Å². The second-order valence-corrected chi connectivity index (χ2v) is 7.41. The summed E-state index contributed by atoms with van der Waals surface area (Å²) in [7, 11) is 2.11. The lowest BCUT2D eigenvalue weighted by Gasteiger charge is -2.35. The monoisotopic (exact) mass is 352 g/mol. The van der Waals surface area contributed by atoms with Crippen LogP contribution < -0.4 is 9.64 Å². The quantitative estimate of drug-likeness (QED) is 0.766. The van der Waals surface area contributed by atoms with Crippen LogP contribution in [0.4, 0.5) is 5.82 Å². The van der Waals surface area contributed by atoms with Crippen LogP contribution >= 0.6 is 0 Å². The first kappa shape index (κ1) is 18.5. The van der Waals surface area contributed by atoms with Gasteiger partial charge in [-0.1, -0.05) is 0 Å². The molecule has 136 valence electrons. The maximum Gasteiger partial charge on any atom is 0.319 e. The Balaban J connectivity index is 1.79. The van der Waals surface area contributed by atoms with Crippen molar-refractivity contribution in [3.05, 3.63) is 11.8 Å². The van der Waals surface area contributed by atoms with Crippen molar-refractivity contribution in [2.75, 3.05) is 25.0 Å². The maximum absolute atomic E-state index is 9.35. The Kier molecular flexibility index (Phi) is 5.63. The lowest BCUT2D eigenvalue weighted by Crippen LogP contribution is -2.43. The number of nitrogens with zero attached hydrogens (tertiary/aromatic N) is 6. The van der Waals surface area contributed by atoms with Crippen LogP contribution in [-0.4, -0.2) is 59.9 Å². The fourth-order valence-corrected chi connectivity index (χ4v) is 4.07. The second kappa shape index (κ2) is 7.93. The molecule has 2 aliphatic rings. The molecule has 0 spiro atoms. The van der Waals surface area contributed by atoms with Gasteiger partial charge in [-0.3, -0.25) is 4.90 Å². The third-order valence-electron chi connectivity index (χ3n) is 5.57. The number of hydrogen-bond donors (Lipinski definition) is 0. The van der Waals surface area contributed by atoms with E-state index in [0.29, 0.717) is 17.6 Å². The van der Waals surface area contributed by atoms with Gasteiger partial charge in [0.2, 0.25) is 0 Å². The first-order valence-electron chi connectivity index (χ1n) is 9.34. The van der Waals surface area contributed by atoms with Crippen LogP contribution in [-0.2, 0) is 0 Å². The normalized spacial score (nSPS) is 24.8. The minimum atomic E-state index is -0.0361. The first-order valence-corrected chi connectivity index (χ1v) is 9.34. The Morgan fingerprint density at radius 3 is 2.77 bits per heavy atom. The van der Waals surface area contributed by atoms with Gasteiger partial charge in [0.05, 0.1) is 0 Å². The van der Waals surface area contributed by atoms with E-state index in [2.05, 4.69) is 45.8 Å². The molecule has 0 aliphatic carbocycles. The van der Waals surface area contributed by atoms with E-state index in [4.69, 9.17) is 10.00 Å². The minimum Gasteiger partial charge on any atom is -0.459 e. The summed E-state index contributed by atoms with van der Waals surface area (Å²) in [4.78, 5) is 13.3. The Morgan fingerprint density at radius 1 is 1.35 bits per heavy atom. The highest BCUT2D eigenvalue weighted by Gasteiger charge is 2.31. The van der Waals surface area contributed by atoms with Gasteiger partial charge in [-0.15, -0.1) is 0 Å². The highest BCUT2D eigenvalue weighted by Crippen LogP contribution is 2.27. The molecule has 8 heteroatoms. The molecule has 3 atom stereocenters. The van der Waals surface area contributed by atoms with E-state index in [1.54, 1.807) is 6.07 Å². The number of rotatable bonds is 4. The average molecular weight is 352 g/mol.